The second-order valence-electron chi connectivity index (χ2n) is 2.62. The van der Waals surface area contributed by atoms with Gasteiger partial charge in [-0.2, -0.15) is 0 Å². The average Bonchev–Trinajstić information content (AvgIpc) is 2.68. The monoisotopic (exact) mass is 181 g/mol. The first-order valence-electron chi connectivity index (χ1n) is 3.70. The van der Waals surface area contributed by atoms with Crippen molar-refractivity contribution in [2.45, 2.75) is 6.54 Å². The Kier molecular flexibility index (Phi) is 1.58. The van der Waals surface area contributed by atoms with Gasteiger partial charge < -0.3 is 9.15 Å². The van der Waals surface area contributed by atoms with Crippen LogP contribution in [0.2, 0.25) is 0 Å². The number of imide groups is 1. The van der Waals surface area contributed by atoms with Crippen molar-refractivity contribution in [1.82, 2.24) is 4.90 Å². The third-order valence-electron chi connectivity index (χ3n) is 1.92. The summed E-state index contributed by atoms with van der Waals surface area (Å²) < 4.78 is 9.43. The van der Waals surface area contributed by atoms with Crippen LogP contribution in [0.5, 0.6) is 0 Å². The van der Waals surface area contributed by atoms with Gasteiger partial charge in [0.2, 0.25) is 0 Å². The first-order valence-corrected chi connectivity index (χ1v) is 3.70. The summed E-state index contributed by atoms with van der Waals surface area (Å²) in [4.78, 5) is 23.4. The molecule has 1 aliphatic rings. The summed E-state index contributed by atoms with van der Waals surface area (Å²) in [5, 5.41) is 0. The normalized spacial score (nSPS) is 14.5. The second-order valence-corrected chi connectivity index (χ2v) is 2.62. The Morgan fingerprint density at radius 3 is 3.08 bits per heavy atom. The number of amides is 2. The smallest absolute Gasteiger partial charge is 0.416 e. The van der Waals surface area contributed by atoms with Crippen LogP contribution >= 0.6 is 0 Å². The van der Waals surface area contributed by atoms with Crippen molar-refractivity contribution in [3.05, 3.63) is 23.7 Å². The average molecular weight is 181 g/mol. The summed E-state index contributed by atoms with van der Waals surface area (Å²) >= 11 is 0. The van der Waals surface area contributed by atoms with E-state index in [0.717, 1.165) is 4.90 Å². The van der Waals surface area contributed by atoms with Gasteiger partial charge in [-0.25, -0.2) is 9.69 Å². The molecule has 0 atom stereocenters. The number of rotatable bonds is 0. The van der Waals surface area contributed by atoms with Crippen LogP contribution in [0.4, 0.5) is 4.79 Å². The Labute approximate surface area is 73.9 Å². The van der Waals surface area contributed by atoms with Crippen molar-refractivity contribution in [3.8, 4) is 0 Å². The standard InChI is InChI=1S/C8H7NO4/c1-12-8(11)9-4-6-5(7(9)10)2-3-13-6/h2-3H,4H2,1H3. The third kappa shape index (κ3) is 1.00. The number of methoxy groups -OCH3 is 1. The van der Waals surface area contributed by atoms with E-state index in [-0.39, 0.29) is 12.5 Å². The molecule has 0 aliphatic carbocycles. The Hall–Kier alpha value is -1.78. The van der Waals surface area contributed by atoms with Gasteiger partial charge in [-0.1, -0.05) is 0 Å². The minimum Gasteiger partial charge on any atom is -0.467 e. The van der Waals surface area contributed by atoms with Crippen LogP contribution < -0.4 is 0 Å². The molecular weight excluding hydrogens is 174 g/mol. The van der Waals surface area contributed by atoms with Gasteiger partial charge in [-0.3, -0.25) is 4.79 Å². The molecule has 1 aliphatic heterocycles. The highest BCUT2D eigenvalue weighted by Crippen LogP contribution is 2.23. The molecule has 13 heavy (non-hydrogen) atoms. The number of hydrogen-bond acceptors (Lipinski definition) is 4. The highest BCUT2D eigenvalue weighted by Gasteiger charge is 2.34. The van der Waals surface area contributed by atoms with Gasteiger partial charge in [0.15, 0.2) is 0 Å². The molecule has 5 nitrogen and oxygen atoms in total. The fourth-order valence-electron chi connectivity index (χ4n) is 1.27. The molecular formula is C8H7NO4. The van der Waals surface area contributed by atoms with Crippen LogP contribution in [0.3, 0.4) is 0 Å². The lowest BCUT2D eigenvalue weighted by Crippen LogP contribution is -2.30. The predicted octanol–water partition coefficient (Wildman–Crippen LogP) is 1.00. The summed E-state index contributed by atoms with van der Waals surface area (Å²) in [5.41, 5.74) is 0.436. The summed E-state index contributed by atoms with van der Waals surface area (Å²) in [5.74, 6) is 0.144. The summed E-state index contributed by atoms with van der Waals surface area (Å²) in [6, 6.07) is 1.54. The number of ether oxygens (including phenoxy) is 1. The van der Waals surface area contributed by atoms with E-state index in [1.165, 1.54) is 13.4 Å². The van der Waals surface area contributed by atoms with Crippen molar-refractivity contribution in [3.63, 3.8) is 0 Å². The quantitative estimate of drug-likeness (QED) is 0.599. The molecule has 0 saturated heterocycles. The Morgan fingerprint density at radius 2 is 2.46 bits per heavy atom. The lowest BCUT2D eigenvalue weighted by Gasteiger charge is -2.10. The molecule has 68 valence electrons. The maximum absolute atomic E-state index is 11.4. The van der Waals surface area contributed by atoms with Crippen molar-refractivity contribution in [1.29, 1.82) is 0 Å². The van der Waals surface area contributed by atoms with Crippen LogP contribution in [-0.4, -0.2) is 24.0 Å². The van der Waals surface area contributed by atoms with Crippen molar-refractivity contribution < 1.29 is 18.7 Å². The zero-order valence-electron chi connectivity index (χ0n) is 6.94. The molecule has 2 amide bonds. The van der Waals surface area contributed by atoms with Gasteiger partial charge in [-0.15, -0.1) is 0 Å². The van der Waals surface area contributed by atoms with Crippen LogP contribution in [-0.2, 0) is 11.3 Å². The Morgan fingerprint density at radius 1 is 1.69 bits per heavy atom. The van der Waals surface area contributed by atoms with Gasteiger partial charge in [-0.05, 0) is 6.07 Å². The maximum Gasteiger partial charge on any atom is 0.416 e. The highest BCUT2D eigenvalue weighted by molar-refractivity contribution is 6.05. The molecule has 1 aromatic heterocycles. The van der Waals surface area contributed by atoms with Crippen molar-refractivity contribution in [2.24, 2.45) is 0 Å². The van der Waals surface area contributed by atoms with Crippen LogP contribution in [0, 0.1) is 0 Å². The first kappa shape index (κ1) is 7.85. The first-order chi connectivity index (χ1) is 6.24. The van der Waals surface area contributed by atoms with E-state index < -0.39 is 6.09 Å². The molecule has 0 aromatic carbocycles. The van der Waals surface area contributed by atoms with Crippen LogP contribution in [0.25, 0.3) is 0 Å². The molecule has 2 rings (SSSR count). The fraction of sp³-hybridized carbons (Fsp3) is 0.250. The van der Waals surface area contributed by atoms with Crippen molar-refractivity contribution >= 4 is 12.0 Å². The third-order valence-corrected chi connectivity index (χ3v) is 1.92. The number of fused-ring (bicyclic) bond motifs is 1. The van der Waals surface area contributed by atoms with Crippen LogP contribution in [0.1, 0.15) is 16.1 Å². The van der Waals surface area contributed by atoms with E-state index in [9.17, 15) is 9.59 Å². The molecule has 0 saturated carbocycles. The largest absolute Gasteiger partial charge is 0.467 e. The molecule has 2 heterocycles. The van der Waals surface area contributed by atoms with E-state index in [0.29, 0.717) is 11.3 Å². The maximum atomic E-state index is 11.4. The van der Waals surface area contributed by atoms with Crippen molar-refractivity contribution in [2.75, 3.05) is 7.11 Å². The van der Waals surface area contributed by atoms with Crippen LogP contribution in [0.15, 0.2) is 16.7 Å². The molecule has 1 aromatic rings. The molecule has 0 bridgehead atoms. The lowest BCUT2D eigenvalue weighted by atomic mass is 10.3. The second kappa shape index (κ2) is 2.62. The summed E-state index contributed by atoms with van der Waals surface area (Å²) in [7, 11) is 1.23. The zero-order valence-corrected chi connectivity index (χ0v) is 6.94. The minimum atomic E-state index is -0.656. The zero-order chi connectivity index (χ0) is 9.42. The van der Waals surface area contributed by atoms with Gasteiger partial charge >= 0.3 is 6.09 Å². The summed E-state index contributed by atoms with van der Waals surface area (Å²) in [6.45, 7) is 0.161. The number of hydrogen-bond donors (Lipinski definition) is 0. The van der Waals surface area contributed by atoms with Gasteiger partial charge in [0.25, 0.3) is 5.91 Å². The Bertz CT molecular complexity index is 368. The van der Waals surface area contributed by atoms with Gasteiger partial charge in [0, 0.05) is 0 Å². The topological polar surface area (TPSA) is 59.8 Å². The molecule has 0 fully saturated rings. The molecule has 0 radical (unpaired) electrons. The van der Waals surface area contributed by atoms with E-state index in [2.05, 4.69) is 4.74 Å². The highest BCUT2D eigenvalue weighted by atomic mass is 16.5. The van der Waals surface area contributed by atoms with E-state index in [1.54, 1.807) is 6.07 Å². The SMILES string of the molecule is COC(=O)N1Cc2occc2C1=O. The van der Waals surface area contributed by atoms with E-state index in [1.807, 2.05) is 0 Å². The Balaban J connectivity index is 2.29. The molecule has 0 N–H and O–H groups in total. The number of carbonyl (C=O) groups is 2. The lowest BCUT2D eigenvalue weighted by molar-refractivity contribution is 0.0723. The van der Waals surface area contributed by atoms with E-state index in [4.69, 9.17) is 4.42 Å². The van der Waals surface area contributed by atoms with Gasteiger partial charge in [0.05, 0.1) is 25.5 Å². The number of nitrogens with zero attached hydrogens (tertiary/aromatic N) is 1. The molecule has 0 unspecified atom stereocenters. The molecule has 5 heteroatoms. The number of furan rings is 1. The fourth-order valence-corrected chi connectivity index (χ4v) is 1.27. The summed E-state index contributed by atoms with van der Waals surface area (Å²) in [6.07, 6.45) is 0.772. The predicted molar refractivity (Wildman–Crippen MR) is 41.0 cm³/mol. The van der Waals surface area contributed by atoms with Gasteiger partial charge in [0.1, 0.15) is 5.76 Å². The molecule has 0 spiro atoms. The van der Waals surface area contributed by atoms with E-state index >= 15 is 0 Å². The minimum absolute atomic E-state index is 0.161. The number of carbonyl (C=O) groups excluding carboxylic acids is 2.